The molecule has 1 nitrogen and oxygen atoms in total. The van der Waals surface area contributed by atoms with E-state index in [1.165, 1.54) is 0 Å². The van der Waals surface area contributed by atoms with Gasteiger partial charge >= 0.3 is 0 Å². The van der Waals surface area contributed by atoms with Crippen molar-refractivity contribution >= 4 is 56.3 Å². The van der Waals surface area contributed by atoms with Crippen molar-refractivity contribution in [1.82, 2.24) is 0 Å². The molecule has 0 saturated heterocycles. The number of hydrogen-bond acceptors (Lipinski definition) is 3. The van der Waals surface area contributed by atoms with Gasteiger partial charge in [-0.25, -0.2) is 0 Å². The fraction of sp³-hybridized carbons (Fsp3) is 0. The van der Waals surface area contributed by atoms with Crippen molar-refractivity contribution in [3.8, 4) is 0 Å². The summed E-state index contributed by atoms with van der Waals surface area (Å²) in [7, 11) is 0. The molecule has 0 atom stereocenters. The van der Waals surface area contributed by atoms with Crippen LogP contribution < -0.4 is 0 Å². The molecule has 2 rings (SSSR count). The molecule has 1 aromatic carbocycles. The molecule has 66 valence electrons. The quantitative estimate of drug-likeness (QED) is 0.618. The van der Waals surface area contributed by atoms with Crippen LogP contribution in [0.4, 0.5) is 0 Å². The van der Waals surface area contributed by atoms with Gasteiger partial charge in [-0.3, -0.25) is 4.79 Å². The van der Waals surface area contributed by atoms with Crippen LogP contribution in [0.3, 0.4) is 0 Å². The molecule has 0 radical (unpaired) electrons. The number of benzene rings is 1. The third-order valence-corrected chi connectivity index (χ3v) is 3.74. The number of thiol groups is 1. The number of halogens is 1. The highest BCUT2D eigenvalue weighted by Crippen LogP contribution is 2.31. The van der Waals surface area contributed by atoms with Crippen LogP contribution in [0, 0.1) is 0 Å². The molecule has 0 unspecified atom stereocenters. The van der Waals surface area contributed by atoms with Gasteiger partial charge in [0.2, 0.25) is 0 Å². The number of rotatable bonds is 1. The van der Waals surface area contributed by atoms with E-state index in [2.05, 4.69) is 28.6 Å². The van der Waals surface area contributed by atoms with Crippen LogP contribution >= 0.6 is 39.9 Å². The normalized spacial score (nSPS) is 10.6. The highest BCUT2D eigenvalue weighted by atomic mass is 79.9. The highest BCUT2D eigenvalue weighted by Gasteiger charge is 2.04. The predicted molar refractivity (Wildman–Crippen MR) is 62.2 cm³/mol. The maximum Gasteiger partial charge on any atom is 0.151 e. The van der Waals surface area contributed by atoms with Crippen molar-refractivity contribution in [2.75, 3.05) is 0 Å². The van der Waals surface area contributed by atoms with Crippen molar-refractivity contribution in [3.63, 3.8) is 0 Å². The molecule has 1 heterocycles. The monoisotopic (exact) mass is 272 g/mol. The molecule has 1 aromatic heterocycles. The zero-order valence-corrected chi connectivity index (χ0v) is 9.75. The molecule has 0 amide bonds. The first-order valence-corrected chi connectivity index (χ1v) is 5.63. The topological polar surface area (TPSA) is 17.1 Å². The van der Waals surface area contributed by atoms with Gasteiger partial charge in [-0.15, -0.1) is 24.0 Å². The second-order valence-corrected chi connectivity index (χ2v) is 5.34. The summed E-state index contributed by atoms with van der Waals surface area (Å²) in [5.74, 6) is 0. The van der Waals surface area contributed by atoms with E-state index in [-0.39, 0.29) is 0 Å². The first kappa shape index (κ1) is 9.24. The Morgan fingerprint density at radius 1 is 1.38 bits per heavy atom. The van der Waals surface area contributed by atoms with E-state index in [0.29, 0.717) is 5.56 Å². The molecule has 13 heavy (non-hydrogen) atoms. The largest absolute Gasteiger partial charge is 0.298 e. The summed E-state index contributed by atoms with van der Waals surface area (Å²) < 4.78 is 2.94. The van der Waals surface area contributed by atoms with Crippen LogP contribution in [0.25, 0.3) is 10.1 Å². The number of aldehydes is 1. The smallest absolute Gasteiger partial charge is 0.151 e. The van der Waals surface area contributed by atoms with Gasteiger partial charge in [-0.05, 0) is 23.6 Å². The first-order chi connectivity index (χ1) is 6.20. The molecule has 4 heteroatoms. The Morgan fingerprint density at radius 2 is 2.15 bits per heavy atom. The van der Waals surface area contributed by atoms with E-state index in [1.807, 2.05) is 18.2 Å². The lowest BCUT2D eigenvalue weighted by atomic mass is 10.2. The summed E-state index contributed by atoms with van der Waals surface area (Å²) >= 11 is 9.20. The minimum Gasteiger partial charge on any atom is -0.298 e. The SMILES string of the molecule is O=Cc1cc2cc(S)sc2cc1Br. The third-order valence-electron chi connectivity index (χ3n) is 1.75. The second kappa shape index (κ2) is 3.44. The minimum absolute atomic E-state index is 0.679. The van der Waals surface area contributed by atoms with Gasteiger partial charge in [-0.1, -0.05) is 15.9 Å². The second-order valence-electron chi connectivity index (χ2n) is 2.61. The zero-order valence-electron chi connectivity index (χ0n) is 6.45. The number of fused-ring (bicyclic) bond motifs is 1. The Morgan fingerprint density at radius 3 is 2.85 bits per heavy atom. The average molecular weight is 273 g/mol. The van der Waals surface area contributed by atoms with Gasteiger partial charge in [0.25, 0.3) is 0 Å². The van der Waals surface area contributed by atoms with Gasteiger partial charge in [0.15, 0.2) is 6.29 Å². The van der Waals surface area contributed by atoms with Gasteiger partial charge in [-0.2, -0.15) is 0 Å². The van der Waals surface area contributed by atoms with E-state index in [9.17, 15) is 4.79 Å². The van der Waals surface area contributed by atoms with Crippen LogP contribution in [-0.2, 0) is 0 Å². The molecule has 0 bridgehead atoms. The van der Waals surface area contributed by atoms with Gasteiger partial charge < -0.3 is 0 Å². The first-order valence-electron chi connectivity index (χ1n) is 3.58. The van der Waals surface area contributed by atoms with Gasteiger partial charge in [0.1, 0.15) is 0 Å². The maximum atomic E-state index is 10.6. The van der Waals surface area contributed by atoms with Crippen LogP contribution in [0.15, 0.2) is 26.9 Å². The highest BCUT2D eigenvalue weighted by molar-refractivity contribution is 9.10. The van der Waals surface area contributed by atoms with E-state index >= 15 is 0 Å². The molecule has 0 fully saturated rings. The minimum atomic E-state index is 0.679. The molecular weight excluding hydrogens is 268 g/mol. The summed E-state index contributed by atoms with van der Waals surface area (Å²) in [6, 6.07) is 5.77. The Hall–Kier alpha value is -0.320. The van der Waals surface area contributed by atoms with Crippen molar-refractivity contribution in [2.45, 2.75) is 4.21 Å². The number of carbonyl (C=O) groups is 1. The molecule has 2 aromatic rings. The fourth-order valence-corrected chi connectivity index (χ4v) is 3.00. The third kappa shape index (κ3) is 1.66. The molecule has 0 aliphatic rings. The van der Waals surface area contributed by atoms with Crippen molar-refractivity contribution in [1.29, 1.82) is 0 Å². The Kier molecular flexibility index (Phi) is 2.45. The lowest BCUT2D eigenvalue weighted by Crippen LogP contribution is -1.80. The van der Waals surface area contributed by atoms with Crippen molar-refractivity contribution in [3.05, 3.63) is 28.2 Å². The molecule has 0 aliphatic heterocycles. The maximum absolute atomic E-state index is 10.6. The van der Waals surface area contributed by atoms with E-state index < -0.39 is 0 Å². The fourth-order valence-electron chi connectivity index (χ4n) is 1.16. The van der Waals surface area contributed by atoms with E-state index in [4.69, 9.17) is 0 Å². The summed E-state index contributed by atoms with van der Waals surface area (Å²) in [5, 5.41) is 1.07. The number of hydrogen-bond donors (Lipinski definition) is 1. The van der Waals surface area contributed by atoms with Crippen LogP contribution in [0.1, 0.15) is 10.4 Å². The molecule has 0 saturated carbocycles. The Labute approximate surface area is 93.3 Å². The average Bonchev–Trinajstić information content (AvgIpc) is 2.42. The summed E-state index contributed by atoms with van der Waals surface area (Å²) in [4.78, 5) is 10.6. The van der Waals surface area contributed by atoms with E-state index in [0.717, 1.165) is 25.1 Å². The van der Waals surface area contributed by atoms with Gasteiger partial charge in [0, 0.05) is 14.7 Å². The zero-order chi connectivity index (χ0) is 9.42. The lowest BCUT2D eigenvalue weighted by molar-refractivity contribution is 0.112. The van der Waals surface area contributed by atoms with E-state index in [1.54, 1.807) is 11.3 Å². The predicted octanol–water partition coefficient (Wildman–Crippen LogP) is 3.77. The molecule has 0 spiro atoms. The number of thiophene rings is 1. The van der Waals surface area contributed by atoms with Crippen molar-refractivity contribution in [2.24, 2.45) is 0 Å². The standard InChI is InChI=1S/C9H5BrOS2/c10-7-3-8-5(1-6(7)4-11)2-9(12)13-8/h1-4,12H. The van der Waals surface area contributed by atoms with Crippen LogP contribution in [0.5, 0.6) is 0 Å². The molecule has 0 aliphatic carbocycles. The molecule has 0 N–H and O–H groups in total. The summed E-state index contributed by atoms with van der Waals surface area (Å²) in [6.45, 7) is 0. The van der Waals surface area contributed by atoms with Crippen LogP contribution in [0.2, 0.25) is 0 Å². The molecular formula is C9H5BrOS2. The Bertz CT molecular complexity index is 476. The lowest BCUT2D eigenvalue weighted by Gasteiger charge is -1.95. The Balaban J connectivity index is 2.79. The summed E-state index contributed by atoms with van der Waals surface area (Å²) in [6.07, 6.45) is 0.847. The van der Waals surface area contributed by atoms with Gasteiger partial charge in [0.05, 0.1) is 4.21 Å². The number of carbonyl (C=O) groups excluding carboxylic acids is 1. The van der Waals surface area contributed by atoms with Crippen molar-refractivity contribution < 1.29 is 4.79 Å². The van der Waals surface area contributed by atoms with Crippen LogP contribution in [-0.4, -0.2) is 6.29 Å². The summed E-state index contributed by atoms with van der Waals surface area (Å²) in [5.41, 5.74) is 0.679.